The van der Waals surface area contributed by atoms with Crippen LogP contribution in [0.25, 0.3) is 0 Å². The van der Waals surface area contributed by atoms with Gasteiger partial charge in [-0.1, -0.05) is 6.07 Å². The smallest absolute Gasteiger partial charge is 0.410 e. The van der Waals surface area contributed by atoms with E-state index in [2.05, 4.69) is 11.4 Å². The zero-order valence-electron chi connectivity index (χ0n) is 13.7. The molecule has 0 saturated heterocycles. The highest BCUT2D eigenvalue weighted by Gasteiger charge is 2.25. The van der Waals surface area contributed by atoms with Crippen LogP contribution >= 0.6 is 0 Å². The van der Waals surface area contributed by atoms with E-state index < -0.39 is 11.0 Å². The first-order valence-electron chi connectivity index (χ1n) is 8.51. The number of ether oxygens (including phenoxy) is 1. The second kappa shape index (κ2) is 6.20. The number of carbonyl (C=O) groups is 1. The third-order valence-corrected chi connectivity index (χ3v) is 4.96. The molecule has 0 fully saturated rings. The summed E-state index contributed by atoms with van der Waals surface area (Å²) in [6.45, 7) is 0. The first-order valence-corrected chi connectivity index (χ1v) is 8.51. The Morgan fingerprint density at radius 2 is 1.60 bits per heavy atom. The highest BCUT2D eigenvalue weighted by molar-refractivity contribution is 5.89. The van der Waals surface area contributed by atoms with E-state index in [1.165, 1.54) is 46.5 Å². The van der Waals surface area contributed by atoms with E-state index in [0.29, 0.717) is 0 Å². The molecule has 6 nitrogen and oxygen atoms in total. The Kier molecular flexibility index (Phi) is 3.87. The minimum atomic E-state index is -0.553. The summed E-state index contributed by atoms with van der Waals surface area (Å²) in [7, 11) is 0. The predicted molar refractivity (Wildman–Crippen MR) is 93.2 cm³/mol. The van der Waals surface area contributed by atoms with Crippen molar-refractivity contribution in [3.05, 3.63) is 62.7 Å². The van der Waals surface area contributed by atoms with Gasteiger partial charge in [0.25, 0.3) is 5.69 Å². The topological polar surface area (TPSA) is 81.5 Å². The summed E-state index contributed by atoms with van der Waals surface area (Å²) in [6.07, 6.45) is 5.77. The molecule has 1 N–H and O–H groups in total. The van der Waals surface area contributed by atoms with Gasteiger partial charge >= 0.3 is 6.09 Å². The fourth-order valence-electron chi connectivity index (χ4n) is 3.84. The lowest BCUT2D eigenvalue weighted by atomic mass is 9.99. The van der Waals surface area contributed by atoms with Crippen molar-refractivity contribution in [1.29, 1.82) is 0 Å². The Morgan fingerprint density at radius 1 is 1.00 bits per heavy atom. The molecule has 0 unspecified atom stereocenters. The van der Waals surface area contributed by atoms with Gasteiger partial charge in [-0.15, -0.1) is 0 Å². The van der Waals surface area contributed by atoms with E-state index in [1.54, 1.807) is 0 Å². The van der Waals surface area contributed by atoms with Crippen molar-refractivity contribution in [3.63, 3.8) is 0 Å². The summed E-state index contributed by atoms with van der Waals surface area (Å²) in [5.74, 6) is 0.285. The molecule has 25 heavy (non-hydrogen) atoms. The Bertz CT molecular complexity index is 826. The molecule has 0 aliphatic heterocycles. The van der Waals surface area contributed by atoms with Gasteiger partial charge in [-0.25, -0.2) is 4.79 Å². The molecule has 2 aromatic carbocycles. The molecule has 2 aromatic rings. The first-order chi connectivity index (χ1) is 12.1. The summed E-state index contributed by atoms with van der Waals surface area (Å²) in [4.78, 5) is 22.5. The minimum absolute atomic E-state index is 0.0357. The molecule has 6 heteroatoms. The predicted octanol–water partition coefficient (Wildman–Crippen LogP) is 4.18. The van der Waals surface area contributed by atoms with Gasteiger partial charge in [0.2, 0.25) is 0 Å². The molecule has 0 bridgehead atoms. The molecular weight excluding hydrogens is 320 g/mol. The lowest BCUT2D eigenvalue weighted by molar-refractivity contribution is -0.384. The summed E-state index contributed by atoms with van der Waals surface area (Å²) >= 11 is 0. The molecule has 2 aliphatic carbocycles. The number of carbonyl (C=O) groups excluding carboxylic acids is 1. The van der Waals surface area contributed by atoms with Crippen LogP contribution in [-0.4, -0.2) is 11.0 Å². The van der Waals surface area contributed by atoms with E-state index in [1.807, 2.05) is 0 Å². The fraction of sp³-hybridized carbons (Fsp3) is 0.316. The largest absolute Gasteiger partial charge is 0.417 e. The molecule has 1 amide bonds. The van der Waals surface area contributed by atoms with Crippen molar-refractivity contribution >= 4 is 17.5 Å². The van der Waals surface area contributed by atoms with Crippen molar-refractivity contribution in [2.75, 3.05) is 5.32 Å². The van der Waals surface area contributed by atoms with Crippen LogP contribution in [0.5, 0.6) is 5.75 Å². The Hall–Kier alpha value is -2.89. The Labute approximate surface area is 145 Å². The Balaban J connectivity index is 1.54. The van der Waals surface area contributed by atoms with Crippen molar-refractivity contribution < 1.29 is 14.5 Å². The summed E-state index contributed by atoms with van der Waals surface area (Å²) in [5.41, 5.74) is 6.04. The zero-order valence-corrected chi connectivity index (χ0v) is 13.7. The van der Waals surface area contributed by atoms with Crippen LogP contribution in [0.3, 0.4) is 0 Å². The lowest BCUT2D eigenvalue weighted by Gasteiger charge is -2.16. The maximum atomic E-state index is 12.3. The van der Waals surface area contributed by atoms with Gasteiger partial charge in [0, 0.05) is 12.1 Å². The number of aryl methyl sites for hydroxylation is 2. The quantitative estimate of drug-likeness (QED) is 0.672. The number of nitrogens with one attached hydrogen (secondary N) is 1. The standard InChI is InChI=1S/C19H18N2O4/c22-19(25-15-9-7-14(8-10-15)21(23)24)20-18-16-5-1-3-12(16)11-13-4-2-6-17(13)18/h7-11H,1-6H2,(H,20,22). The fourth-order valence-corrected chi connectivity index (χ4v) is 3.84. The SMILES string of the molecule is O=C(Nc1c2c(cc3c1CCC3)CCC2)Oc1ccc([N+](=O)[O-])cc1. The second-order valence-electron chi connectivity index (χ2n) is 6.50. The van der Waals surface area contributed by atoms with Crippen LogP contribution in [0.4, 0.5) is 16.2 Å². The molecule has 0 atom stereocenters. The van der Waals surface area contributed by atoms with E-state index >= 15 is 0 Å². The number of anilines is 1. The number of nitro groups is 1. The van der Waals surface area contributed by atoms with Gasteiger partial charge in [-0.3, -0.25) is 15.4 Å². The van der Waals surface area contributed by atoms with Crippen molar-refractivity contribution in [2.45, 2.75) is 38.5 Å². The molecule has 4 rings (SSSR count). The maximum absolute atomic E-state index is 12.3. The lowest BCUT2D eigenvalue weighted by Crippen LogP contribution is -2.19. The average Bonchev–Trinajstić information content (AvgIpc) is 3.24. The number of fused-ring (bicyclic) bond motifs is 2. The van der Waals surface area contributed by atoms with Crippen molar-refractivity contribution in [3.8, 4) is 5.75 Å². The average molecular weight is 338 g/mol. The third-order valence-electron chi connectivity index (χ3n) is 4.96. The number of hydrogen-bond acceptors (Lipinski definition) is 4. The van der Waals surface area contributed by atoms with Crippen molar-refractivity contribution in [1.82, 2.24) is 0 Å². The first kappa shape index (κ1) is 15.6. The van der Waals surface area contributed by atoms with Crippen LogP contribution in [0.2, 0.25) is 0 Å². The van der Waals surface area contributed by atoms with Crippen LogP contribution in [0.1, 0.15) is 35.1 Å². The van der Waals surface area contributed by atoms with Gasteiger partial charge < -0.3 is 4.74 Å². The molecular formula is C19H18N2O4. The number of nitro benzene ring substituents is 1. The molecule has 0 radical (unpaired) electrons. The summed E-state index contributed by atoms with van der Waals surface area (Å²) in [6, 6.07) is 7.80. The van der Waals surface area contributed by atoms with Crippen LogP contribution in [-0.2, 0) is 25.7 Å². The summed E-state index contributed by atoms with van der Waals surface area (Å²) < 4.78 is 5.30. The third kappa shape index (κ3) is 2.95. The monoisotopic (exact) mass is 338 g/mol. The van der Waals surface area contributed by atoms with Crippen LogP contribution in [0.15, 0.2) is 30.3 Å². The maximum Gasteiger partial charge on any atom is 0.417 e. The highest BCUT2D eigenvalue weighted by atomic mass is 16.6. The van der Waals surface area contributed by atoms with E-state index in [9.17, 15) is 14.9 Å². The molecule has 0 heterocycles. The van der Waals surface area contributed by atoms with Crippen LogP contribution in [0, 0.1) is 10.1 Å². The zero-order chi connectivity index (χ0) is 17.4. The molecule has 0 aromatic heterocycles. The van der Waals surface area contributed by atoms with E-state index in [4.69, 9.17) is 4.74 Å². The minimum Gasteiger partial charge on any atom is -0.410 e. The van der Waals surface area contributed by atoms with Gasteiger partial charge in [-0.2, -0.15) is 0 Å². The van der Waals surface area contributed by atoms with Crippen LogP contribution < -0.4 is 10.1 Å². The number of amides is 1. The Morgan fingerprint density at radius 3 is 2.16 bits per heavy atom. The number of hydrogen-bond donors (Lipinski definition) is 1. The number of non-ortho nitro benzene ring substituents is 1. The van der Waals surface area contributed by atoms with Gasteiger partial charge in [0.15, 0.2) is 0 Å². The van der Waals surface area contributed by atoms with Gasteiger partial charge in [0.05, 0.1) is 10.6 Å². The highest BCUT2D eigenvalue weighted by Crippen LogP contribution is 2.38. The number of nitrogens with zero attached hydrogens (tertiary/aromatic N) is 1. The van der Waals surface area contributed by atoms with Gasteiger partial charge in [-0.05, 0) is 72.9 Å². The molecule has 128 valence electrons. The van der Waals surface area contributed by atoms with Gasteiger partial charge in [0.1, 0.15) is 5.75 Å². The summed E-state index contributed by atoms with van der Waals surface area (Å²) in [5, 5.41) is 13.6. The number of rotatable bonds is 3. The molecule has 0 saturated carbocycles. The van der Waals surface area contributed by atoms with E-state index in [0.717, 1.165) is 44.2 Å². The van der Waals surface area contributed by atoms with E-state index in [-0.39, 0.29) is 11.4 Å². The second-order valence-corrected chi connectivity index (χ2v) is 6.50. The van der Waals surface area contributed by atoms with Crippen molar-refractivity contribution in [2.24, 2.45) is 0 Å². The normalized spacial score (nSPS) is 14.7. The number of benzene rings is 2. The molecule has 0 spiro atoms. The molecule has 2 aliphatic rings.